The lowest BCUT2D eigenvalue weighted by molar-refractivity contribution is -0.132. The quantitative estimate of drug-likeness (QED) is 0.858. The molecule has 4 rings (SSSR count). The van der Waals surface area contributed by atoms with Crippen molar-refractivity contribution in [1.29, 1.82) is 0 Å². The van der Waals surface area contributed by atoms with Crippen molar-refractivity contribution in [3.05, 3.63) is 18.5 Å². The minimum absolute atomic E-state index is 0.151. The maximum atomic E-state index is 13.2. The number of nitrogens with one attached hydrogen (secondary N) is 2. The molecule has 2 aliphatic heterocycles. The van der Waals surface area contributed by atoms with E-state index in [9.17, 15) is 4.79 Å². The molecule has 0 bridgehead atoms. The lowest BCUT2D eigenvalue weighted by Crippen LogP contribution is -2.56. The van der Waals surface area contributed by atoms with Crippen LogP contribution in [0, 0.1) is 0 Å². The van der Waals surface area contributed by atoms with Gasteiger partial charge in [-0.2, -0.15) is 5.10 Å². The van der Waals surface area contributed by atoms with E-state index >= 15 is 0 Å². The van der Waals surface area contributed by atoms with Gasteiger partial charge in [0.1, 0.15) is 5.54 Å². The van der Waals surface area contributed by atoms with E-state index < -0.39 is 5.54 Å². The van der Waals surface area contributed by atoms with E-state index in [2.05, 4.69) is 27.6 Å². The van der Waals surface area contributed by atoms with E-state index in [0.29, 0.717) is 6.04 Å². The van der Waals surface area contributed by atoms with Crippen LogP contribution < -0.4 is 10.6 Å². The van der Waals surface area contributed by atoms with Gasteiger partial charge in [-0.15, -0.1) is 0 Å². The van der Waals surface area contributed by atoms with Crippen LogP contribution >= 0.6 is 0 Å². The molecule has 1 aromatic heterocycles. The van der Waals surface area contributed by atoms with Gasteiger partial charge < -0.3 is 10.6 Å². The Morgan fingerprint density at radius 1 is 1.35 bits per heavy atom. The fourth-order valence-corrected chi connectivity index (χ4v) is 4.32. The summed E-state index contributed by atoms with van der Waals surface area (Å²) in [6, 6.07) is 3.54. The predicted octanol–water partition coefficient (Wildman–Crippen LogP) is 0.703. The number of nitrogens with zero attached hydrogens (tertiary/aromatic N) is 3. The second-order valence-electron chi connectivity index (χ2n) is 7.42. The molecule has 6 heteroatoms. The average molecular weight is 317 g/mol. The van der Waals surface area contributed by atoms with Crippen LogP contribution in [0.3, 0.4) is 0 Å². The van der Waals surface area contributed by atoms with Crippen molar-refractivity contribution >= 4 is 5.91 Å². The molecule has 1 saturated carbocycles. The van der Waals surface area contributed by atoms with Gasteiger partial charge in [-0.05, 0) is 58.2 Å². The zero-order valence-electron chi connectivity index (χ0n) is 13.9. The number of piperidine rings is 1. The molecule has 0 spiro atoms. The first-order valence-corrected chi connectivity index (χ1v) is 8.96. The highest BCUT2D eigenvalue weighted by Gasteiger charge is 2.45. The number of carbonyl (C=O) groups is 1. The Morgan fingerprint density at radius 3 is 2.78 bits per heavy atom. The second kappa shape index (κ2) is 5.91. The highest BCUT2D eigenvalue weighted by atomic mass is 16.2. The fourth-order valence-electron chi connectivity index (χ4n) is 4.32. The molecule has 2 saturated heterocycles. The van der Waals surface area contributed by atoms with Crippen molar-refractivity contribution < 1.29 is 4.79 Å². The molecule has 2 unspecified atom stereocenters. The maximum absolute atomic E-state index is 13.2. The third kappa shape index (κ3) is 2.78. The van der Waals surface area contributed by atoms with E-state index in [1.807, 2.05) is 16.9 Å². The summed E-state index contributed by atoms with van der Waals surface area (Å²) in [6.45, 7) is 5.02. The standard InChI is InChI=1S/C17H27N5O/c1-13-11-14(12-21(13)15-3-4-15)20-16(23)17(5-8-18-9-6-17)22-10-2-7-19-22/h2,7,10,13-15,18H,3-6,8-9,11-12H2,1H3,(H,20,23). The molecule has 3 heterocycles. The molecule has 1 amide bonds. The van der Waals surface area contributed by atoms with Crippen LogP contribution in [0.4, 0.5) is 0 Å². The van der Waals surface area contributed by atoms with Crippen LogP contribution in [0.25, 0.3) is 0 Å². The zero-order valence-corrected chi connectivity index (χ0v) is 13.9. The molecule has 2 atom stereocenters. The number of hydrogen-bond donors (Lipinski definition) is 2. The van der Waals surface area contributed by atoms with Crippen LogP contribution in [-0.2, 0) is 10.3 Å². The molecule has 1 aromatic rings. The molecule has 3 aliphatic rings. The molecular formula is C17H27N5O. The Balaban J connectivity index is 1.48. The van der Waals surface area contributed by atoms with Crippen LogP contribution in [0.15, 0.2) is 18.5 Å². The lowest BCUT2D eigenvalue weighted by Gasteiger charge is -2.37. The summed E-state index contributed by atoms with van der Waals surface area (Å²) in [4.78, 5) is 15.7. The van der Waals surface area contributed by atoms with Crippen molar-refractivity contribution in [3.63, 3.8) is 0 Å². The SMILES string of the molecule is CC1CC(NC(=O)C2(n3cccn3)CCNCC2)CN1C1CC1. The van der Waals surface area contributed by atoms with Crippen LogP contribution in [0.5, 0.6) is 0 Å². The summed E-state index contributed by atoms with van der Waals surface area (Å²) in [7, 11) is 0. The Hall–Kier alpha value is -1.40. The summed E-state index contributed by atoms with van der Waals surface area (Å²) in [5.74, 6) is 0.151. The molecule has 23 heavy (non-hydrogen) atoms. The number of likely N-dealkylation sites (tertiary alicyclic amines) is 1. The molecule has 126 valence electrons. The third-order valence-corrected chi connectivity index (χ3v) is 5.77. The summed E-state index contributed by atoms with van der Waals surface area (Å²) >= 11 is 0. The van der Waals surface area contributed by atoms with Crippen LogP contribution in [-0.4, -0.2) is 58.3 Å². The molecule has 1 aliphatic carbocycles. The summed E-state index contributed by atoms with van der Waals surface area (Å²) in [5.41, 5.74) is -0.523. The first-order chi connectivity index (χ1) is 11.2. The molecule has 2 N–H and O–H groups in total. The Morgan fingerprint density at radius 2 is 2.13 bits per heavy atom. The summed E-state index contributed by atoms with van der Waals surface area (Å²) in [5, 5.41) is 11.1. The highest BCUT2D eigenvalue weighted by molar-refractivity contribution is 5.85. The minimum Gasteiger partial charge on any atom is -0.350 e. The van der Waals surface area contributed by atoms with E-state index in [1.54, 1.807) is 6.20 Å². The van der Waals surface area contributed by atoms with Crippen molar-refractivity contribution in [1.82, 2.24) is 25.3 Å². The van der Waals surface area contributed by atoms with Gasteiger partial charge in [0.2, 0.25) is 5.91 Å². The van der Waals surface area contributed by atoms with Gasteiger partial charge in [0.05, 0.1) is 0 Å². The van der Waals surface area contributed by atoms with Crippen LogP contribution in [0.1, 0.15) is 39.0 Å². The lowest BCUT2D eigenvalue weighted by atomic mass is 9.87. The smallest absolute Gasteiger partial charge is 0.248 e. The largest absolute Gasteiger partial charge is 0.350 e. The van der Waals surface area contributed by atoms with Gasteiger partial charge in [-0.3, -0.25) is 14.4 Å². The second-order valence-corrected chi connectivity index (χ2v) is 7.42. The van der Waals surface area contributed by atoms with E-state index in [1.165, 1.54) is 12.8 Å². The van der Waals surface area contributed by atoms with Gasteiger partial charge in [-0.25, -0.2) is 0 Å². The summed E-state index contributed by atoms with van der Waals surface area (Å²) in [6.07, 6.45) is 9.02. The Labute approximate surface area is 137 Å². The number of rotatable bonds is 4. The summed E-state index contributed by atoms with van der Waals surface area (Å²) < 4.78 is 1.88. The van der Waals surface area contributed by atoms with Gasteiger partial charge in [0.15, 0.2) is 0 Å². The topological polar surface area (TPSA) is 62.2 Å². The molecule has 0 aromatic carbocycles. The molecular weight excluding hydrogens is 290 g/mol. The Kier molecular flexibility index (Phi) is 3.89. The Bertz CT molecular complexity index is 547. The van der Waals surface area contributed by atoms with E-state index in [4.69, 9.17) is 0 Å². The van der Waals surface area contributed by atoms with Gasteiger partial charge in [0, 0.05) is 37.1 Å². The molecule has 6 nitrogen and oxygen atoms in total. The van der Waals surface area contributed by atoms with Crippen molar-refractivity contribution in [2.75, 3.05) is 19.6 Å². The minimum atomic E-state index is -0.523. The van der Waals surface area contributed by atoms with Crippen molar-refractivity contribution in [2.24, 2.45) is 0 Å². The zero-order chi connectivity index (χ0) is 15.9. The highest BCUT2D eigenvalue weighted by Crippen LogP contribution is 2.34. The predicted molar refractivity (Wildman–Crippen MR) is 88.0 cm³/mol. The maximum Gasteiger partial charge on any atom is 0.248 e. The first kappa shape index (κ1) is 15.1. The third-order valence-electron chi connectivity index (χ3n) is 5.77. The van der Waals surface area contributed by atoms with Gasteiger partial charge >= 0.3 is 0 Å². The normalized spacial score (nSPS) is 31.2. The first-order valence-electron chi connectivity index (χ1n) is 8.96. The van der Waals surface area contributed by atoms with Crippen LogP contribution in [0.2, 0.25) is 0 Å². The number of carbonyl (C=O) groups excluding carboxylic acids is 1. The fraction of sp³-hybridized carbons (Fsp3) is 0.765. The number of hydrogen-bond acceptors (Lipinski definition) is 4. The molecule has 0 radical (unpaired) electrons. The number of amides is 1. The monoisotopic (exact) mass is 317 g/mol. The van der Waals surface area contributed by atoms with E-state index in [0.717, 1.165) is 44.9 Å². The van der Waals surface area contributed by atoms with Crippen molar-refractivity contribution in [2.45, 2.75) is 62.7 Å². The van der Waals surface area contributed by atoms with E-state index in [-0.39, 0.29) is 11.9 Å². The molecule has 3 fully saturated rings. The van der Waals surface area contributed by atoms with Gasteiger partial charge in [0.25, 0.3) is 0 Å². The number of aromatic nitrogens is 2. The van der Waals surface area contributed by atoms with Crippen molar-refractivity contribution in [3.8, 4) is 0 Å². The average Bonchev–Trinajstić information content (AvgIpc) is 3.11. The van der Waals surface area contributed by atoms with Gasteiger partial charge in [-0.1, -0.05) is 0 Å².